The second-order valence-electron chi connectivity index (χ2n) is 7.40. The van der Waals surface area contributed by atoms with Gasteiger partial charge in [0.15, 0.2) is 0 Å². The third kappa shape index (κ3) is 3.35. The summed E-state index contributed by atoms with van der Waals surface area (Å²) in [7, 11) is 3.08. The average Bonchev–Trinajstić information content (AvgIpc) is 3.05. The molecule has 0 radical (unpaired) electrons. The molecule has 1 atom stereocenters. The molecule has 0 bridgehead atoms. The lowest BCUT2D eigenvalue weighted by atomic mass is 9.92. The fourth-order valence-corrected chi connectivity index (χ4v) is 4.08. The van der Waals surface area contributed by atoms with Crippen molar-refractivity contribution in [3.05, 3.63) is 34.5 Å². The quantitative estimate of drug-likeness (QED) is 0.691. The van der Waals surface area contributed by atoms with Gasteiger partial charge in [-0.05, 0) is 42.5 Å². The fourth-order valence-electron chi connectivity index (χ4n) is 3.91. The van der Waals surface area contributed by atoms with Crippen molar-refractivity contribution in [2.75, 3.05) is 25.7 Å². The van der Waals surface area contributed by atoms with Gasteiger partial charge in [-0.15, -0.1) is 4.98 Å². The number of halogens is 1. The molecule has 7 nitrogen and oxygen atoms in total. The van der Waals surface area contributed by atoms with E-state index in [4.69, 9.17) is 21.1 Å². The lowest BCUT2D eigenvalue weighted by Crippen LogP contribution is -2.37. The maximum atomic E-state index is 6.25. The van der Waals surface area contributed by atoms with Crippen LogP contribution in [0.5, 0.6) is 12.0 Å². The Bertz CT molecular complexity index is 981. The number of methoxy groups -OCH3 is 2. The molecule has 1 unspecified atom stereocenters. The van der Waals surface area contributed by atoms with E-state index in [-0.39, 0.29) is 18.1 Å². The Labute approximate surface area is 169 Å². The number of H-pyrrole nitrogens is 1. The summed E-state index contributed by atoms with van der Waals surface area (Å²) in [5.41, 5.74) is 3.64. The lowest BCUT2D eigenvalue weighted by molar-refractivity contribution is 0.337. The molecule has 1 N–H and O–H groups in total. The Hall–Kier alpha value is -2.54. The molecule has 0 saturated carbocycles. The molecule has 1 aliphatic rings. The minimum atomic E-state index is 0.117. The van der Waals surface area contributed by atoms with Gasteiger partial charge in [0, 0.05) is 28.2 Å². The SMILES string of the molecule is COc1nc(OC)nc(N2CCc3c([nH]c4ccc(Cl)cc34)C2CC(C)C)n1. The van der Waals surface area contributed by atoms with Crippen molar-refractivity contribution in [2.45, 2.75) is 32.7 Å². The summed E-state index contributed by atoms with van der Waals surface area (Å²) in [5.74, 6) is 1.07. The number of hydrogen-bond acceptors (Lipinski definition) is 6. The molecule has 3 aromatic rings. The van der Waals surface area contributed by atoms with E-state index in [0.29, 0.717) is 11.9 Å². The summed E-state index contributed by atoms with van der Waals surface area (Å²) in [6.07, 6.45) is 1.84. The molecule has 0 fully saturated rings. The average molecular weight is 402 g/mol. The van der Waals surface area contributed by atoms with E-state index in [2.05, 4.69) is 38.7 Å². The molecule has 4 rings (SSSR count). The van der Waals surface area contributed by atoms with Crippen LogP contribution in [0, 0.1) is 5.92 Å². The number of hydrogen-bond donors (Lipinski definition) is 1. The molecule has 0 aliphatic carbocycles. The molecule has 0 spiro atoms. The van der Waals surface area contributed by atoms with E-state index in [1.54, 1.807) is 14.2 Å². The van der Waals surface area contributed by atoms with E-state index in [0.717, 1.165) is 29.9 Å². The van der Waals surface area contributed by atoms with Crippen LogP contribution in [0.15, 0.2) is 18.2 Å². The van der Waals surface area contributed by atoms with Crippen LogP contribution < -0.4 is 14.4 Å². The number of nitrogens with one attached hydrogen (secondary N) is 1. The molecule has 148 valence electrons. The summed E-state index contributed by atoms with van der Waals surface area (Å²) in [4.78, 5) is 18.9. The highest BCUT2D eigenvalue weighted by atomic mass is 35.5. The third-order valence-electron chi connectivity index (χ3n) is 5.11. The van der Waals surface area contributed by atoms with E-state index in [9.17, 15) is 0 Å². The number of fused-ring (bicyclic) bond motifs is 3. The summed E-state index contributed by atoms with van der Waals surface area (Å²) in [5, 5.41) is 1.95. The molecule has 8 heteroatoms. The largest absolute Gasteiger partial charge is 0.467 e. The first-order chi connectivity index (χ1) is 13.5. The van der Waals surface area contributed by atoms with Gasteiger partial charge in [0.05, 0.1) is 20.3 Å². The lowest BCUT2D eigenvalue weighted by Gasteiger charge is -2.36. The van der Waals surface area contributed by atoms with Gasteiger partial charge < -0.3 is 19.4 Å². The molecule has 1 aliphatic heterocycles. The number of rotatable bonds is 5. The van der Waals surface area contributed by atoms with E-state index >= 15 is 0 Å². The Kier molecular flexibility index (Phi) is 5.02. The standard InChI is InChI=1S/C20H24ClN5O2/c1-11(2)9-16-17-13(14-10-12(21)5-6-15(14)22-17)7-8-26(16)18-23-19(27-3)25-20(24-18)28-4/h5-6,10-11,16,22H,7-9H2,1-4H3. The predicted molar refractivity (Wildman–Crippen MR) is 109 cm³/mol. The molecule has 28 heavy (non-hydrogen) atoms. The first kappa shape index (κ1) is 18.8. The molecule has 2 aromatic heterocycles. The van der Waals surface area contributed by atoms with Gasteiger partial charge in [0.1, 0.15) is 0 Å². The maximum absolute atomic E-state index is 6.25. The van der Waals surface area contributed by atoms with Crippen LogP contribution in [-0.4, -0.2) is 40.7 Å². The van der Waals surface area contributed by atoms with Crippen LogP contribution in [0.3, 0.4) is 0 Å². The Morgan fingerprint density at radius 3 is 2.54 bits per heavy atom. The van der Waals surface area contributed by atoms with E-state index in [1.165, 1.54) is 16.6 Å². The zero-order chi connectivity index (χ0) is 19.8. The second-order valence-corrected chi connectivity index (χ2v) is 7.84. The van der Waals surface area contributed by atoms with Crippen LogP contribution in [0.4, 0.5) is 5.95 Å². The summed E-state index contributed by atoms with van der Waals surface area (Å²) in [6, 6.07) is 6.62. The number of anilines is 1. The molecule has 3 heterocycles. The topological polar surface area (TPSA) is 76.2 Å². The van der Waals surface area contributed by atoms with Crippen molar-refractivity contribution in [3.63, 3.8) is 0 Å². The van der Waals surface area contributed by atoms with Crippen molar-refractivity contribution < 1.29 is 9.47 Å². The maximum Gasteiger partial charge on any atom is 0.324 e. The number of aromatic amines is 1. The van der Waals surface area contributed by atoms with Gasteiger partial charge in [-0.3, -0.25) is 0 Å². The molecule has 0 amide bonds. The third-order valence-corrected chi connectivity index (χ3v) is 5.35. The van der Waals surface area contributed by atoms with Gasteiger partial charge in [-0.25, -0.2) is 0 Å². The van der Waals surface area contributed by atoms with Crippen LogP contribution in [0.25, 0.3) is 10.9 Å². The fraction of sp³-hybridized carbons (Fsp3) is 0.450. The highest BCUT2D eigenvalue weighted by Gasteiger charge is 2.33. The first-order valence-corrected chi connectivity index (χ1v) is 9.78. The van der Waals surface area contributed by atoms with Gasteiger partial charge in [0.25, 0.3) is 0 Å². The second kappa shape index (κ2) is 7.47. The van der Waals surface area contributed by atoms with Crippen molar-refractivity contribution in [3.8, 4) is 12.0 Å². The molecular formula is C20H24ClN5O2. The van der Waals surface area contributed by atoms with Crippen molar-refractivity contribution in [1.29, 1.82) is 0 Å². The van der Waals surface area contributed by atoms with Gasteiger partial charge >= 0.3 is 12.0 Å². The molecule has 0 saturated heterocycles. The Morgan fingerprint density at radius 1 is 1.18 bits per heavy atom. The smallest absolute Gasteiger partial charge is 0.324 e. The van der Waals surface area contributed by atoms with Gasteiger partial charge in [-0.2, -0.15) is 9.97 Å². The Balaban J connectivity index is 1.82. The number of ether oxygens (including phenoxy) is 2. The van der Waals surface area contributed by atoms with E-state index < -0.39 is 0 Å². The first-order valence-electron chi connectivity index (χ1n) is 9.40. The summed E-state index contributed by atoms with van der Waals surface area (Å²) >= 11 is 6.25. The summed E-state index contributed by atoms with van der Waals surface area (Å²) < 4.78 is 10.5. The van der Waals surface area contributed by atoms with Crippen molar-refractivity contribution in [2.24, 2.45) is 5.92 Å². The monoisotopic (exact) mass is 401 g/mol. The summed E-state index contributed by atoms with van der Waals surface area (Å²) in [6.45, 7) is 5.24. The Morgan fingerprint density at radius 2 is 1.89 bits per heavy atom. The number of nitrogens with zero attached hydrogens (tertiary/aromatic N) is 4. The van der Waals surface area contributed by atoms with Gasteiger partial charge in [-0.1, -0.05) is 25.4 Å². The van der Waals surface area contributed by atoms with Crippen LogP contribution in [0.2, 0.25) is 5.02 Å². The normalized spacial score (nSPS) is 16.5. The zero-order valence-corrected chi connectivity index (χ0v) is 17.2. The minimum absolute atomic E-state index is 0.117. The molecular weight excluding hydrogens is 378 g/mol. The minimum Gasteiger partial charge on any atom is -0.467 e. The number of benzene rings is 1. The number of aromatic nitrogens is 4. The van der Waals surface area contributed by atoms with Crippen LogP contribution in [0.1, 0.15) is 37.6 Å². The predicted octanol–water partition coefficient (Wildman–Crippen LogP) is 4.17. The van der Waals surface area contributed by atoms with Crippen molar-refractivity contribution in [1.82, 2.24) is 19.9 Å². The van der Waals surface area contributed by atoms with Crippen molar-refractivity contribution >= 4 is 28.5 Å². The zero-order valence-electron chi connectivity index (χ0n) is 16.5. The molecule has 1 aromatic carbocycles. The van der Waals surface area contributed by atoms with Gasteiger partial charge in [0.2, 0.25) is 5.95 Å². The van der Waals surface area contributed by atoms with Crippen LogP contribution >= 0.6 is 11.6 Å². The highest BCUT2D eigenvalue weighted by molar-refractivity contribution is 6.31. The van der Waals surface area contributed by atoms with Crippen LogP contribution in [-0.2, 0) is 6.42 Å². The highest BCUT2D eigenvalue weighted by Crippen LogP contribution is 2.40. The van der Waals surface area contributed by atoms with E-state index in [1.807, 2.05) is 18.2 Å².